The van der Waals surface area contributed by atoms with Crippen LogP contribution >= 0.6 is 0 Å². The Morgan fingerprint density at radius 3 is 1.95 bits per heavy atom. The van der Waals surface area contributed by atoms with Crippen molar-refractivity contribution in [3.63, 3.8) is 0 Å². The van der Waals surface area contributed by atoms with Gasteiger partial charge in [-0.05, 0) is 0 Å². The Morgan fingerprint density at radius 1 is 0.952 bits per heavy atom. The van der Waals surface area contributed by atoms with E-state index in [1.165, 1.54) is 0 Å². The first kappa shape index (κ1) is 18.3. The molecular weight excluding hydrogens is 288 g/mol. The number of nitrogens with two attached hydrogens (primary N) is 2. The average Bonchev–Trinajstić information content (AvgIpc) is 2.33. The molecule has 0 aromatic heterocycles. The number of carboxylic acid groups (broad SMARTS) is 2. The molecule has 0 aliphatic heterocycles. The van der Waals surface area contributed by atoms with E-state index in [2.05, 4.69) is 0 Å². The summed E-state index contributed by atoms with van der Waals surface area (Å²) >= 11 is 0. The molecule has 0 saturated heterocycles. The van der Waals surface area contributed by atoms with Crippen LogP contribution in [0.3, 0.4) is 0 Å². The fourth-order valence-corrected chi connectivity index (χ4v) is 1.26. The fraction of sp³-hybridized carbons (Fsp3) is 0.500. The van der Waals surface area contributed by atoms with Gasteiger partial charge in [0.2, 0.25) is 17.7 Å². The zero-order valence-electron chi connectivity index (χ0n) is 10.9. The van der Waals surface area contributed by atoms with Crippen molar-refractivity contribution in [1.82, 2.24) is 10.6 Å². The van der Waals surface area contributed by atoms with Gasteiger partial charge in [-0.1, -0.05) is 0 Å². The highest BCUT2D eigenvalue weighted by molar-refractivity contribution is 5.94. The molecule has 0 heterocycles. The second-order valence-electron chi connectivity index (χ2n) is 4.05. The van der Waals surface area contributed by atoms with Crippen molar-refractivity contribution in [3.8, 4) is 0 Å². The number of hydrogen-bond donors (Lipinski definition) is 6. The summed E-state index contributed by atoms with van der Waals surface area (Å²) in [4.78, 5) is 54.7. The number of primary amides is 1. The van der Waals surface area contributed by atoms with Crippen LogP contribution in [0.5, 0.6) is 0 Å². The number of amides is 3. The lowest BCUT2D eigenvalue weighted by molar-refractivity contribution is -0.141. The highest BCUT2D eigenvalue weighted by Crippen LogP contribution is 1.96. The zero-order chi connectivity index (χ0) is 16.6. The normalized spacial score (nSPS) is 12.8. The lowest BCUT2D eigenvalue weighted by Gasteiger charge is -2.18. The Balaban J connectivity index is 4.71. The molecule has 0 aliphatic carbocycles. The summed E-state index contributed by atoms with van der Waals surface area (Å²) in [5, 5.41) is 21.0. The maximum Gasteiger partial charge on any atom is 0.322 e. The first-order chi connectivity index (χ1) is 9.63. The van der Waals surface area contributed by atoms with Crippen LogP contribution in [0.25, 0.3) is 0 Å². The van der Waals surface area contributed by atoms with Crippen molar-refractivity contribution in [2.75, 3.05) is 6.54 Å². The van der Waals surface area contributed by atoms with Gasteiger partial charge >= 0.3 is 11.9 Å². The number of carboxylic acids is 2. The third-order valence-electron chi connectivity index (χ3n) is 2.18. The Kier molecular flexibility index (Phi) is 7.39. The smallest absolute Gasteiger partial charge is 0.322 e. The van der Waals surface area contributed by atoms with Crippen LogP contribution in [-0.4, -0.2) is 58.5 Å². The summed E-state index contributed by atoms with van der Waals surface area (Å²) in [6, 6.07) is -2.86. The topological polar surface area (TPSA) is 202 Å². The minimum atomic E-state index is -1.52. The van der Waals surface area contributed by atoms with Crippen LogP contribution in [0.15, 0.2) is 0 Å². The van der Waals surface area contributed by atoms with E-state index < -0.39 is 61.1 Å². The molecule has 0 rings (SSSR count). The fourth-order valence-electron chi connectivity index (χ4n) is 1.26. The van der Waals surface area contributed by atoms with Crippen LogP contribution in [0.2, 0.25) is 0 Å². The van der Waals surface area contributed by atoms with Gasteiger partial charge in [0.25, 0.3) is 0 Å². The average molecular weight is 304 g/mol. The van der Waals surface area contributed by atoms with Crippen molar-refractivity contribution in [2.45, 2.75) is 24.9 Å². The summed E-state index contributed by atoms with van der Waals surface area (Å²) in [5.74, 6) is -5.53. The molecule has 11 heteroatoms. The van der Waals surface area contributed by atoms with Gasteiger partial charge in [-0.25, -0.2) is 0 Å². The maximum absolute atomic E-state index is 11.6. The number of carbonyl (C=O) groups excluding carboxylic acids is 3. The minimum Gasteiger partial charge on any atom is -0.481 e. The summed E-state index contributed by atoms with van der Waals surface area (Å²) in [7, 11) is 0. The standard InChI is InChI=1S/C10H16N4O7/c11-4(1-6(12)15)9(20)14-5(2-7(16)17)10(21)13-3-8(18)19/h4-5H,1-3,11H2,(H2,12,15)(H,13,21)(H,14,20)(H,16,17)(H,18,19)/t4-,5-/m0/s1. The molecule has 0 unspecified atom stereocenters. The predicted molar refractivity (Wildman–Crippen MR) is 66.6 cm³/mol. The van der Waals surface area contributed by atoms with Crippen molar-refractivity contribution < 1.29 is 34.2 Å². The van der Waals surface area contributed by atoms with Gasteiger partial charge in [0.15, 0.2) is 0 Å². The molecule has 0 spiro atoms. The third-order valence-corrected chi connectivity index (χ3v) is 2.18. The van der Waals surface area contributed by atoms with E-state index >= 15 is 0 Å². The Labute approximate surface area is 118 Å². The highest BCUT2D eigenvalue weighted by Gasteiger charge is 2.26. The van der Waals surface area contributed by atoms with Gasteiger partial charge < -0.3 is 32.3 Å². The molecular formula is C10H16N4O7. The number of rotatable bonds is 9. The van der Waals surface area contributed by atoms with Gasteiger partial charge in [0.05, 0.1) is 18.9 Å². The van der Waals surface area contributed by atoms with Crippen LogP contribution in [0.4, 0.5) is 0 Å². The van der Waals surface area contributed by atoms with E-state index in [9.17, 15) is 24.0 Å². The molecule has 8 N–H and O–H groups in total. The van der Waals surface area contributed by atoms with Gasteiger partial charge in [-0.3, -0.25) is 24.0 Å². The third kappa shape index (κ3) is 8.15. The van der Waals surface area contributed by atoms with E-state index in [0.717, 1.165) is 0 Å². The van der Waals surface area contributed by atoms with Crippen LogP contribution < -0.4 is 22.1 Å². The molecule has 3 amide bonds. The first-order valence-electron chi connectivity index (χ1n) is 5.69. The van der Waals surface area contributed by atoms with E-state index in [1.807, 2.05) is 10.6 Å². The minimum absolute atomic E-state index is 0.484. The molecule has 21 heavy (non-hydrogen) atoms. The number of aliphatic carboxylic acids is 2. The molecule has 0 aromatic rings. The molecule has 0 aromatic carbocycles. The van der Waals surface area contributed by atoms with Crippen LogP contribution in [-0.2, 0) is 24.0 Å². The van der Waals surface area contributed by atoms with Crippen LogP contribution in [0, 0.1) is 0 Å². The lowest BCUT2D eigenvalue weighted by Crippen LogP contribution is -2.53. The molecule has 0 aliphatic rings. The number of carbonyl (C=O) groups is 5. The second-order valence-corrected chi connectivity index (χ2v) is 4.05. The number of hydrogen-bond acceptors (Lipinski definition) is 6. The summed E-state index contributed by atoms with van der Waals surface area (Å²) in [6.07, 6.45) is -1.26. The molecule has 0 bridgehead atoms. The Hall–Kier alpha value is -2.69. The summed E-state index contributed by atoms with van der Waals surface area (Å²) in [6.45, 7) is -0.738. The predicted octanol–water partition coefficient (Wildman–Crippen LogP) is -3.65. The quantitative estimate of drug-likeness (QED) is 0.250. The maximum atomic E-state index is 11.6. The van der Waals surface area contributed by atoms with E-state index in [-0.39, 0.29) is 0 Å². The molecule has 0 saturated carbocycles. The van der Waals surface area contributed by atoms with Gasteiger partial charge in [-0.15, -0.1) is 0 Å². The van der Waals surface area contributed by atoms with E-state index in [1.54, 1.807) is 0 Å². The molecule has 11 nitrogen and oxygen atoms in total. The molecule has 0 radical (unpaired) electrons. The Morgan fingerprint density at radius 2 is 1.52 bits per heavy atom. The monoisotopic (exact) mass is 304 g/mol. The van der Waals surface area contributed by atoms with Gasteiger partial charge in [-0.2, -0.15) is 0 Å². The van der Waals surface area contributed by atoms with Gasteiger partial charge in [0.1, 0.15) is 12.6 Å². The molecule has 0 fully saturated rings. The zero-order valence-corrected chi connectivity index (χ0v) is 10.9. The largest absolute Gasteiger partial charge is 0.481 e. The highest BCUT2D eigenvalue weighted by atomic mass is 16.4. The lowest BCUT2D eigenvalue weighted by atomic mass is 10.1. The first-order valence-corrected chi connectivity index (χ1v) is 5.69. The van der Waals surface area contributed by atoms with Crippen molar-refractivity contribution in [1.29, 1.82) is 0 Å². The summed E-state index contributed by atoms with van der Waals surface area (Å²) in [5.41, 5.74) is 10.2. The Bertz CT molecular complexity index is 451. The molecule has 2 atom stereocenters. The van der Waals surface area contributed by atoms with E-state index in [4.69, 9.17) is 21.7 Å². The second kappa shape index (κ2) is 8.47. The van der Waals surface area contributed by atoms with Crippen molar-refractivity contribution in [3.05, 3.63) is 0 Å². The van der Waals surface area contributed by atoms with Crippen molar-refractivity contribution in [2.24, 2.45) is 11.5 Å². The van der Waals surface area contributed by atoms with Crippen molar-refractivity contribution >= 4 is 29.7 Å². The summed E-state index contributed by atoms with van der Waals surface area (Å²) < 4.78 is 0. The number of nitrogens with one attached hydrogen (secondary N) is 2. The van der Waals surface area contributed by atoms with E-state index in [0.29, 0.717) is 0 Å². The van der Waals surface area contributed by atoms with Gasteiger partial charge in [0, 0.05) is 0 Å². The van der Waals surface area contributed by atoms with Crippen LogP contribution in [0.1, 0.15) is 12.8 Å². The molecule has 118 valence electrons. The SMILES string of the molecule is NC(=O)C[C@H](N)C(=O)N[C@@H](CC(=O)O)C(=O)NCC(=O)O.